The molecule has 0 aliphatic heterocycles. The van der Waals surface area contributed by atoms with E-state index in [4.69, 9.17) is 9.47 Å². The number of rotatable bonds is 12. The zero-order chi connectivity index (χ0) is 28.6. The van der Waals surface area contributed by atoms with Crippen LogP contribution in [0.15, 0.2) is 77.7 Å². The average molecular weight is 554 g/mol. The number of anilines is 1. The minimum Gasteiger partial charge on any atom is -0.497 e. The Morgan fingerprint density at radius 1 is 0.949 bits per heavy atom. The van der Waals surface area contributed by atoms with Gasteiger partial charge in [0, 0.05) is 19.7 Å². The van der Waals surface area contributed by atoms with E-state index < -0.39 is 28.5 Å². The SMILES string of the molecule is CC[C@@H](C(=O)NC)N(Cc1cccc(C)c1)C(=O)CN(c1cc(OC)ccc1OC)S(=O)(=O)c1ccccc1. The van der Waals surface area contributed by atoms with Crippen molar-refractivity contribution in [3.05, 3.63) is 83.9 Å². The molecule has 0 bridgehead atoms. The summed E-state index contributed by atoms with van der Waals surface area (Å²) in [6.45, 7) is 3.30. The Morgan fingerprint density at radius 2 is 1.67 bits per heavy atom. The summed E-state index contributed by atoms with van der Waals surface area (Å²) in [6, 6.07) is 19.4. The first-order valence-corrected chi connectivity index (χ1v) is 14.0. The summed E-state index contributed by atoms with van der Waals surface area (Å²) >= 11 is 0. The summed E-state index contributed by atoms with van der Waals surface area (Å²) in [5.74, 6) is -0.252. The predicted molar refractivity (Wildman–Crippen MR) is 150 cm³/mol. The predicted octanol–water partition coefficient (Wildman–Crippen LogP) is 3.76. The molecule has 3 aromatic carbocycles. The molecular formula is C29H35N3O6S. The van der Waals surface area contributed by atoms with Gasteiger partial charge in [0.15, 0.2) is 0 Å². The Hall–Kier alpha value is -4.05. The lowest BCUT2D eigenvalue weighted by molar-refractivity contribution is -0.140. The highest BCUT2D eigenvalue weighted by atomic mass is 32.2. The Morgan fingerprint density at radius 3 is 2.26 bits per heavy atom. The minimum absolute atomic E-state index is 0.00579. The van der Waals surface area contributed by atoms with Gasteiger partial charge in [0.2, 0.25) is 11.8 Å². The largest absolute Gasteiger partial charge is 0.497 e. The van der Waals surface area contributed by atoms with Crippen LogP contribution in [0.25, 0.3) is 0 Å². The first-order valence-electron chi connectivity index (χ1n) is 12.5. The van der Waals surface area contributed by atoms with Crippen molar-refractivity contribution in [2.75, 3.05) is 32.1 Å². The number of hydrogen-bond donors (Lipinski definition) is 1. The molecule has 0 saturated carbocycles. The molecule has 39 heavy (non-hydrogen) atoms. The monoisotopic (exact) mass is 553 g/mol. The molecule has 0 heterocycles. The van der Waals surface area contributed by atoms with Crippen molar-refractivity contribution in [3.8, 4) is 11.5 Å². The highest BCUT2D eigenvalue weighted by Crippen LogP contribution is 2.36. The second-order valence-electron chi connectivity index (χ2n) is 8.91. The maximum absolute atomic E-state index is 14.0. The van der Waals surface area contributed by atoms with Gasteiger partial charge in [0.05, 0.1) is 24.8 Å². The fourth-order valence-electron chi connectivity index (χ4n) is 4.32. The van der Waals surface area contributed by atoms with E-state index in [1.54, 1.807) is 37.3 Å². The van der Waals surface area contributed by atoms with Gasteiger partial charge in [-0.1, -0.05) is 55.0 Å². The fraction of sp³-hybridized carbons (Fsp3) is 0.310. The van der Waals surface area contributed by atoms with E-state index >= 15 is 0 Å². The van der Waals surface area contributed by atoms with Crippen LogP contribution in [0.5, 0.6) is 11.5 Å². The summed E-state index contributed by atoms with van der Waals surface area (Å²) in [6.07, 6.45) is 0.338. The van der Waals surface area contributed by atoms with Gasteiger partial charge in [0.1, 0.15) is 24.1 Å². The van der Waals surface area contributed by atoms with Crippen molar-refractivity contribution in [2.45, 2.75) is 37.8 Å². The number of benzene rings is 3. The first kappa shape index (κ1) is 29.5. The summed E-state index contributed by atoms with van der Waals surface area (Å²) < 4.78 is 39.8. The lowest BCUT2D eigenvalue weighted by Crippen LogP contribution is -2.51. The number of nitrogens with zero attached hydrogens (tertiary/aromatic N) is 2. The fourth-order valence-corrected chi connectivity index (χ4v) is 5.76. The molecule has 0 aliphatic carbocycles. The van der Waals surface area contributed by atoms with Gasteiger partial charge in [-0.15, -0.1) is 0 Å². The van der Waals surface area contributed by atoms with Crippen LogP contribution in [0.4, 0.5) is 5.69 Å². The van der Waals surface area contributed by atoms with E-state index in [1.165, 1.54) is 44.4 Å². The maximum Gasteiger partial charge on any atom is 0.264 e. The third-order valence-corrected chi connectivity index (χ3v) is 8.11. The number of sulfonamides is 1. The van der Waals surface area contributed by atoms with Crippen molar-refractivity contribution in [2.24, 2.45) is 0 Å². The van der Waals surface area contributed by atoms with Crippen molar-refractivity contribution < 1.29 is 27.5 Å². The van der Waals surface area contributed by atoms with E-state index in [1.807, 2.05) is 31.2 Å². The smallest absolute Gasteiger partial charge is 0.264 e. The van der Waals surface area contributed by atoms with Crippen LogP contribution in [-0.2, 0) is 26.2 Å². The van der Waals surface area contributed by atoms with Crippen molar-refractivity contribution in [1.29, 1.82) is 0 Å². The lowest BCUT2D eigenvalue weighted by atomic mass is 10.1. The summed E-state index contributed by atoms with van der Waals surface area (Å²) in [5.41, 5.74) is 1.96. The summed E-state index contributed by atoms with van der Waals surface area (Å²) in [4.78, 5) is 28.3. The molecule has 0 fully saturated rings. The Bertz CT molecular complexity index is 1400. The van der Waals surface area contributed by atoms with Crippen LogP contribution < -0.4 is 19.1 Å². The van der Waals surface area contributed by atoms with Crippen molar-refractivity contribution >= 4 is 27.5 Å². The van der Waals surface area contributed by atoms with Gasteiger partial charge in [-0.2, -0.15) is 0 Å². The number of carbonyl (C=O) groups is 2. The molecule has 3 aromatic rings. The number of amides is 2. The topological polar surface area (TPSA) is 105 Å². The second kappa shape index (κ2) is 13.1. The van der Waals surface area contributed by atoms with Crippen molar-refractivity contribution in [1.82, 2.24) is 10.2 Å². The molecular weight excluding hydrogens is 518 g/mol. The molecule has 1 atom stereocenters. The molecule has 0 radical (unpaired) electrons. The molecule has 208 valence electrons. The number of methoxy groups -OCH3 is 2. The average Bonchev–Trinajstić information content (AvgIpc) is 2.95. The van der Waals surface area contributed by atoms with Crippen LogP contribution in [-0.4, -0.2) is 59.0 Å². The molecule has 0 unspecified atom stereocenters. The molecule has 0 spiro atoms. The number of aryl methyl sites for hydroxylation is 1. The van der Waals surface area contributed by atoms with Crippen LogP contribution in [0.2, 0.25) is 0 Å². The Labute approximate surface area is 230 Å². The van der Waals surface area contributed by atoms with Crippen LogP contribution >= 0.6 is 0 Å². The van der Waals surface area contributed by atoms with Gasteiger partial charge in [-0.25, -0.2) is 8.42 Å². The zero-order valence-electron chi connectivity index (χ0n) is 22.9. The maximum atomic E-state index is 14.0. The van der Waals surface area contributed by atoms with E-state index in [2.05, 4.69) is 5.32 Å². The van der Waals surface area contributed by atoms with Crippen molar-refractivity contribution in [3.63, 3.8) is 0 Å². The standard InChI is InChI=1S/C29H35N3O6S/c1-6-25(29(34)30-3)31(19-22-12-10-11-21(2)17-22)28(33)20-32(39(35,36)24-13-8-7-9-14-24)26-18-23(37-4)15-16-27(26)38-5/h7-18,25H,6,19-20H2,1-5H3,(H,30,34)/t25-/m0/s1. The van der Waals surface area contributed by atoms with E-state index in [0.29, 0.717) is 12.2 Å². The number of carbonyl (C=O) groups excluding carboxylic acids is 2. The van der Waals surface area contributed by atoms with E-state index in [0.717, 1.165) is 15.4 Å². The third-order valence-electron chi connectivity index (χ3n) is 6.33. The number of ether oxygens (including phenoxy) is 2. The highest BCUT2D eigenvalue weighted by Gasteiger charge is 2.34. The number of nitrogens with one attached hydrogen (secondary N) is 1. The summed E-state index contributed by atoms with van der Waals surface area (Å²) in [7, 11) is 0.163. The number of likely N-dealkylation sites (N-methyl/N-ethyl adjacent to an activating group) is 1. The second-order valence-corrected chi connectivity index (χ2v) is 10.8. The molecule has 0 aromatic heterocycles. The third kappa shape index (κ3) is 6.88. The zero-order valence-corrected chi connectivity index (χ0v) is 23.7. The van der Waals surface area contributed by atoms with Gasteiger partial charge >= 0.3 is 0 Å². The molecule has 2 amide bonds. The van der Waals surface area contributed by atoms with Crippen LogP contribution in [0.1, 0.15) is 24.5 Å². The first-order chi connectivity index (χ1) is 18.7. The molecule has 0 saturated heterocycles. The van der Waals surface area contributed by atoms with Gasteiger partial charge in [0.25, 0.3) is 10.0 Å². The quantitative estimate of drug-likeness (QED) is 0.366. The molecule has 3 rings (SSSR count). The summed E-state index contributed by atoms with van der Waals surface area (Å²) in [5, 5.41) is 2.62. The Kier molecular flexibility index (Phi) is 9.95. The van der Waals surface area contributed by atoms with Crippen LogP contribution in [0.3, 0.4) is 0 Å². The van der Waals surface area contributed by atoms with E-state index in [9.17, 15) is 18.0 Å². The van der Waals surface area contributed by atoms with Gasteiger partial charge < -0.3 is 19.7 Å². The Balaban J connectivity index is 2.14. The number of hydrogen-bond acceptors (Lipinski definition) is 6. The molecule has 1 N–H and O–H groups in total. The van der Waals surface area contributed by atoms with Gasteiger partial charge in [-0.05, 0) is 43.2 Å². The van der Waals surface area contributed by atoms with Crippen LogP contribution in [0, 0.1) is 6.92 Å². The van der Waals surface area contributed by atoms with Gasteiger partial charge in [-0.3, -0.25) is 13.9 Å². The van der Waals surface area contributed by atoms with E-state index in [-0.39, 0.29) is 28.8 Å². The minimum atomic E-state index is -4.23. The lowest BCUT2D eigenvalue weighted by Gasteiger charge is -2.33. The molecule has 9 nitrogen and oxygen atoms in total. The molecule has 0 aliphatic rings. The normalized spacial score (nSPS) is 11.8. The molecule has 10 heteroatoms. The highest BCUT2D eigenvalue weighted by molar-refractivity contribution is 7.92.